The van der Waals surface area contributed by atoms with Gasteiger partial charge in [0, 0.05) is 6.04 Å². The van der Waals surface area contributed by atoms with E-state index in [4.69, 9.17) is 14.4 Å². The molecule has 0 bridgehead atoms. The molecule has 20 heavy (non-hydrogen) atoms. The van der Waals surface area contributed by atoms with Crippen LogP contribution in [0.3, 0.4) is 0 Å². The molecule has 0 aliphatic heterocycles. The number of ether oxygens (including phenoxy) is 1. The smallest absolute Gasteiger partial charge is 0.236 e. The van der Waals surface area contributed by atoms with E-state index in [-0.39, 0.29) is 23.9 Å². The van der Waals surface area contributed by atoms with Crippen LogP contribution in [0.1, 0.15) is 24.4 Å². The molecule has 1 aromatic heterocycles. The molecule has 1 aromatic carbocycles. The maximum Gasteiger partial charge on any atom is 0.236 e. The molecule has 2 aromatic rings. The Hall–Kier alpha value is -2.55. The standard InChI is InChI=1S/C14H12FN3O2/c15-10-3-1-2-4-12(10)19-8-13-18-11(7-16)14(20-13)17-9-5-6-9/h1-4,9,17H,5-6,8H2. The fourth-order valence-corrected chi connectivity index (χ4v) is 1.71. The Bertz CT molecular complexity index is 659. The summed E-state index contributed by atoms with van der Waals surface area (Å²) in [7, 11) is 0. The van der Waals surface area contributed by atoms with E-state index in [0.717, 1.165) is 12.8 Å². The summed E-state index contributed by atoms with van der Waals surface area (Å²) in [6, 6.07) is 8.41. The first-order chi connectivity index (χ1) is 9.76. The van der Waals surface area contributed by atoms with Crippen molar-refractivity contribution < 1.29 is 13.5 Å². The van der Waals surface area contributed by atoms with Crippen molar-refractivity contribution in [1.82, 2.24) is 4.98 Å². The molecule has 0 radical (unpaired) electrons. The molecule has 3 rings (SSSR count). The first-order valence-corrected chi connectivity index (χ1v) is 6.30. The predicted molar refractivity (Wildman–Crippen MR) is 68.6 cm³/mol. The van der Waals surface area contributed by atoms with Crippen molar-refractivity contribution in [3.8, 4) is 11.8 Å². The number of nitrogens with zero attached hydrogens (tertiary/aromatic N) is 2. The summed E-state index contributed by atoms with van der Waals surface area (Å²) >= 11 is 0. The lowest BCUT2D eigenvalue weighted by Crippen LogP contribution is -2.00. The molecule has 102 valence electrons. The van der Waals surface area contributed by atoms with Crippen molar-refractivity contribution in [2.24, 2.45) is 0 Å². The largest absolute Gasteiger partial charge is 0.481 e. The van der Waals surface area contributed by atoms with Gasteiger partial charge in [-0.3, -0.25) is 0 Å². The maximum absolute atomic E-state index is 13.4. The monoisotopic (exact) mass is 273 g/mol. The summed E-state index contributed by atoms with van der Waals surface area (Å²) in [5.41, 5.74) is 0.198. The van der Waals surface area contributed by atoms with E-state index >= 15 is 0 Å². The molecule has 1 heterocycles. The quantitative estimate of drug-likeness (QED) is 0.907. The highest BCUT2D eigenvalue weighted by Crippen LogP contribution is 2.27. The van der Waals surface area contributed by atoms with Gasteiger partial charge in [0.2, 0.25) is 17.5 Å². The van der Waals surface area contributed by atoms with Crippen LogP contribution in [0, 0.1) is 17.1 Å². The molecule has 6 heteroatoms. The number of nitrogens with one attached hydrogen (secondary N) is 1. The Kier molecular flexibility index (Phi) is 3.25. The molecule has 0 spiro atoms. The van der Waals surface area contributed by atoms with Crippen molar-refractivity contribution in [3.05, 3.63) is 41.7 Å². The molecule has 0 unspecified atom stereocenters. The molecule has 1 aliphatic carbocycles. The fourth-order valence-electron chi connectivity index (χ4n) is 1.71. The fraction of sp³-hybridized carbons (Fsp3) is 0.286. The lowest BCUT2D eigenvalue weighted by Gasteiger charge is -2.03. The van der Waals surface area contributed by atoms with Gasteiger partial charge in [0.15, 0.2) is 18.2 Å². The van der Waals surface area contributed by atoms with Crippen molar-refractivity contribution >= 4 is 5.88 Å². The molecular weight excluding hydrogens is 261 g/mol. The molecule has 1 fully saturated rings. The maximum atomic E-state index is 13.4. The van der Waals surface area contributed by atoms with Crippen LogP contribution in [-0.4, -0.2) is 11.0 Å². The van der Waals surface area contributed by atoms with Gasteiger partial charge >= 0.3 is 0 Å². The molecule has 1 N–H and O–H groups in total. The molecule has 0 atom stereocenters. The van der Waals surface area contributed by atoms with Gasteiger partial charge in [-0.1, -0.05) is 12.1 Å². The van der Waals surface area contributed by atoms with Gasteiger partial charge < -0.3 is 14.5 Å². The molecule has 1 aliphatic rings. The summed E-state index contributed by atoms with van der Waals surface area (Å²) in [4.78, 5) is 4.02. The Balaban J connectivity index is 1.70. The number of aromatic nitrogens is 1. The number of oxazole rings is 1. The second-order valence-corrected chi connectivity index (χ2v) is 4.53. The van der Waals surface area contributed by atoms with E-state index in [1.54, 1.807) is 12.1 Å². The van der Waals surface area contributed by atoms with Gasteiger partial charge in [-0.2, -0.15) is 10.2 Å². The highest BCUT2D eigenvalue weighted by Gasteiger charge is 2.25. The number of rotatable bonds is 5. The number of para-hydroxylation sites is 1. The van der Waals surface area contributed by atoms with E-state index in [1.165, 1.54) is 12.1 Å². The van der Waals surface area contributed by atoms with Gasteiger partial charge in [-0.05, 0) is 25.0 Å². The Morgan fingerprint density at radius 1 is 1.45 bits per heavy atom. The third-order valence-electron chi connectivity index (χ3n) is 2.88. The van der Waals surface area contributed by atoms with Crippen LogP contribution in [0.25, 0.3) is 0 Å². The van der Waals surface area contributed by atoms with Gasteiger partial charge in [0.05, 0.1) is 0 Å². The summed E-state index contributed by atoms with van der Waals surface area (Å²) < 4.78 is 24.1. The third-order valence-corrected chi connectivity index (χ3v) is 2.88. The average molecular weight is 273 g/mol. The van der Waals surface area contributed by atoms with Crippen molar-refractivity contribution in [1.29, 1.82) is 5.26 Å². The summed E-state index contributed by atoms with van der Waals surface area (Å²) in [5, 5.41) is 12.1. The van der Waals surface area contributed by atoms with Gasteiger partial charge in [-0.25, -0.2) is 4.39 Å². The minimum atomic E-state index is -0.448. The van der Waals surface area contributed by atoms with Crippen molar-refractivity contribution in [2.45, 2.75) is 25.5 Å². The lowest BCUT2D eigenvalue weighted by atomic mass is 10.3. The predicted octanol–water partition coefficient (Wildman–Crippen LogP) is 2.84. The van der Waals surface area contributed by atoms with Crippen LogP contribution in [0.4, 0.5) is 10.3 Å². The normalized spacial score (nSPS) is 13.8. The third kappa shape index (κ3) is 2.72. The second-order valence-electron chi connectivity index (χ2n) is 4.53. The van der Waals surface area contributed by atoms with E-state index in [2.05, 4.69) is 10.3 Å². The minimum absolute atomic E-state index is 0.0258. The first kappa shape index (κ1) is 12.5. The van der Waals surface area contributed by atoms with Crippen LogP contribution < -0.4 is 10.1 Å². The first-order valence-electron chi connectivity index (χ1n) is 6.30. The van der Waals surface area contributed by atoms with Crippen LogP contribution in [0.2, 0.25) is 0 Å². The van der Waals surface area contributed by atoms with Crippen LogP contribution in [-0.2, 0) is 6.61 Å². The van der Waals surface area contributed by atoms with Crippen LogP contribution in [0.5, 0.6) is 5.75 Å². The number of hydrogen-bond acceptors (Lipinski definition) is 5. The van der Waals surface area contributed by atoms with Crippen LogP contribution >= 0.6 is 0 Å². The molecule has 1 saturated carbocycles. The summed E-state index contributed by atoms with van der Waals surface area (Å²) in [6.45, 7) is -0.0258. The van der Waals surface area contributed by atoms with E-state index in [1.807, 2.05) is 6.07 Å². The van der Waals surface area contributed by atoms with E-state index in [9.17, 15) is 4.39 Å². The lowest BCUT2D eigenvalue weighted by molar-refractivity contribution is 0.253. The second kappa shape index (κ2) is 5.21. The van der Waals surface area contributed by atoms with E-state index in [0.29, 0.717) is 11.9 Å². The zero-order valence-corrected chi connectivity index (χ0v) is 10.6. The molecular formula is C14H12FN3O2. The highest BCUT2D eigenvalue weighted by atomic mass is 19.1. The molecule has 5 nitrogen and oxygen atoms in total. The van der Waals surface area contributed by atoms with Gasteiger partial charge in [0.1, 0.15) is 6.07 Å². The molecule has 0 amide bonds. The number of anilines is 1. The summed E-state index contributed by atoms with van der Waals surface area (Å²) in [6.07, 6.45) is 2.12. The zero-order valence-electron chi connectivity index (χ0n) is 10.6. The number of nitriles is 1. The average Bonchev–Trinajstić information content (AvgIpc) is 3.17. The highest BCUT2D eigenvalue weighted by molar-refractivity contribution is 5.46. The van der Waals surface area contributed by atoms with Gasteiger partial charge in [0.25, 0.3) is 0 Å². The van der Waals surface area contributed by atoms with Gasteiger partial charge in [-0.15, -0.1) is 0 Å². The summed E-state index contributed by atoms with van der Waals surface area (Å²) in [5.74, 6) is 0.284. The number of hydrogen-bond donors (Lipinski definition) is 1. The topological polar surface area (TPSA) is 71.1 Å². The van der Waals surface area contributed by atoms with Crippen LogP contribution in [0.15, 0.2) is 28.7 Å². The molecule has 0 saturated heterocycles. The number of halogens is 1. The van der Waals surface area contributed by atoms with Crippen molar-refractivity contribution in [2.75, 3.05) is 5.32 Å². The Morgan fingerprint density at radius 3 is 2.95 bits per heavy atom. The number of benzene rings is 1. The Morgan fingerprint density at radius 2 is 2.25 bits per heavy atom. The Labute approximate surface area is 115 Å². The van der Waals surface area contributed by atoms with Crippen molar-refractivity contribution in [3.63, 3.8) is 0 Å². The SMILES string of the molecule is N#Cc1nc(COc2ccccc2F)oc1NC1CC1. The minimum Gasteiger partial charge on any atom is -0.481 e. The zero-order chi connectivity index (χ0) is 13.9. The van der Waals surface area contributed by atoms with E-state index < -0.39 is 5.82 Å².